The summed E-state index contributed by atoms with van der Waals surface area (Å²) in [5, 5.41) is 10.1. The summed E-state index contributed by atoms with van der Waals surface area (Å²) in [6.07, 6.45) is 4.10. The molecule has 2 rings (SSSR count). The Kier molecular flexibility index (Phi) is 4.46. The third-order valence-electron chi connectivity index (χ3n) is 3.06. The van der Waals surface area contributed by atoms with E-state index < -0.39 is 0 Å². The molecule has 1 atom stereocenters. The van der Waals surface area contributed by atoms with Gasteiger partial charge in [-0.3, -0.25) is 0 Å². The first kappa shape index (κ1) is 12.9. The number of aliphatic hydroxyl groups excluding tert-OH is 1. The van der Waals surface area contributed by atoms with Crippen molar-refractivity contribution < 1.29 is 9.84 Å². The smallest absolute Gasteiger partial charge is 0.133 e. The van der Waals surface area contributed by atoms with E-state index in [1.807, 2.05) is 18.2 Å². The van der Waals surface area contributed by atoms with Crippen LogP contribution in [-0.4, -0.2) is 11.7 Å². The Balaban J connectivity index is 2.00. The van der Waals surface area contributed by atoms with E-state index in [2.05, 4.69) is 22.9 Å². The largest absolute Gasteiger partial charge is 0.492 e. The lowest BCUT2D eigenvalue weighted by Gasteiger charge is -2.13. The van der Waals surface area contributed by atoms with Crippen LogP contribution in [0.25, 0.3) is 0 Å². The summed E-state index contributed by atoms with van der Waals surface area (Å²) in [7, 11) is 0. The van der Waals surface area contributed by atoms with Gasteiger partial charge in [-0.2, -0.15) is 0 Å². The SMILES string of the molecule is CCCOc1ccc(C(O)CC2CC2)cc1Br. The van der Waals surface area contributed by atoms with Crippen molar-refractivity contribution in [3.05, 3.63) is 28.2 Å². The van der Waals surface area contributed by atoms with E-state index in [9.17, 15) is 5.11 Å². The van der Waals surface area contributed by atoms with E-state index in [1.165, 1.54) is 12.8 Å². The lowest BCUT2D eigenvalue weighted by molar-refractivity contribution is 0.160. The summed E-state index contributed by atoms with van der Waals surface area (Å²) in [5.74, 6) is 1.59. The van der Waals surface area contributed by atoms with Crippen molar-refractivity contribution in [1.29, 1.82) is 0 Å². The van der Waals surface area contributed by atoms with E-state index >= 15 is 0 Å². The van der Waals surface area contributed by atoms with Crippen molar-refractivity contribution in [1.82, 2.24) is 0 Å². The van der Waals surface area contributed by atoms with Crippen LogP contribution in [0.1, 0.15) is 44.3 Å². The zero-order chi connectivity index (χ0) is 12.3. The van der Waals surface area contributed by atoms with Crippen LogP contribution in [0.3, 0.4) is 0 Å². The fraction of sp³-hybridized carbons (Fsp3) is 0.571. The molecule has 0 bridgehead atoms. The number of benzene rings is 1. The maximum Gasteiger partial charge on any atom is 0.133 e. The van der Waals surface area contributed by atoms with Crippen molar-refractivity contribution in [3.63, 3.8) is 0 Å². The molecule has 3 heteroatoms. The molecule has 1 fully saturated rings. The summed E-state index contributed by atoms with van der Waals surface area (Å²) < 4.78 is 6.51. The van der Waals surface area contributed by atoms with Gasteiger partial charge >= 0.3 is 0 Å². The Morgan fingerprint density at radius 2 is 2.24 bits per heavy atom. The van der Waals surface area contributed by atoms with E-state index in [4.69, 9.17) is 4.74 Å². The maximum absolute atomic E-state index is 10.1. The maximum atomic E-state index is 10.1. The van der Waals surface area contributed by atoms with Gasteiger partial charge in [0.05, 0.1) is 17.2 Å². The third kappa shape index (κ3) is 3.71. The molecule has 0 heterocycles. The Morgan fingerprint density at radius 3 is 2.82 bits per heavy atom. The Hall–Kier alpha value is -0.540. The molecule has 1 aromatic carbocycles. The van der Waals surface area contributed by atoms with E-state index in [0.29, 0.717) is 0 Å². The van der Waals surface area contributed by atoms with Gasteiger partial charge in [0.15, 0.2) is 0 Å². The second-order valence-electron chi connectivity index (χ2n) is 4.73. The van der Waals surface area contributed by atoms with Gasteiger partial charge in [-0.1, -0.05) is 25.8 Å². The minimum absolute atomic E-state index is 0.334. The molecule has 1 aliphatic carbocycles. The Bertz CT molecular complexity index is 374. The Morgan fingerprint density at radius 1 is 1.47 bits per heavy atom. The molecule has 17 heavy (non-hydrogen) atoms. The summed E-state index contributed by atoms with van der Waals surface area (Å²) >= 11 is 3.49. The number of aliphatic hydroxyl groups is 1. The van der Waals surface area contributed by atoms with Gasteiger partial charge < -0.3 is 9.84 Å². The number of ether oxygens (including phenoxy) is 1. The van der Waals surface area contributed by atoms with Crippen molar-refractivity contribution in [2.45, 2.75) is 38.7 Å². The number of hydrogen-bond acceptors (Lipinski definition) is 2. The molecular formula is C14H19BrO2. The van der Waals surface area contributed by atoms with Crippen molar-refractivity contribution in [3.8, 4) is 5.75 Å². The molecule has 1 N–H and O–H groups in total. The van der Waals surface area contributed by atoms with Crippen LogP contribution in [0.4, 0.5) is 0 Å². The van der Waals surface area contributed by atoms with Crippen LogP contribution >= 0.6 is 15.9 Å². The normalized spacial score (nSPS) is 16.9. The molecule has 1 aromatic rings. The van der Waals surface area contributed by atoms with Crippen LogP contribution in [0, 0.1) is 5.92 Å². The predicted molar refractivity (Wildman–Crippen MR) is 72.2 cm³/mol. The van der Waals surface area contributed by atoms with Crippen molar-refractivity contribution >= 4 is 15.9 Å². The minimum atomic E-state index is -0.334. The van der Waals surface area contributed by atoms with Crippen LogP contribution in [-0.2, 0) is 0 Å². The first-order valence-electron chi connectivity index (χ1n) is 6.31. The summed E-state index contributed by atoms with van der Waals surface area (Å²) in [5.41, 5.74) is 0.979. The van der Waals surface area contributed by atoms with E-state index in [-0.39, 0.29) is 6.10 Å². The molecule has 1 aliphatic rings. The first-order valence-corrected chi connectivity index (χ1v) is 7.10. The lowest BCUT2D eigenvalue weighted by atomic mass is 10.0. The van der Waals surface area contributed by atoms with Crippen LogP contribution in [0.15, 0.2) is 22.7 Å². The predicted octanol–water partition coefficient (Wildman–Crippen LogP) is 4.07. The molecule has 0 amide bonds. The molecule has 0 aliphatic heterocycles. The number of halogens is 1. The second kappa shape index (κ2) is 5.87. The van der Waals surface area contributed by atoms with Gasteiger partial charge in [0.1, 0.15) is 5.75 Å². The molecule has 0 aromatic heterocycles. The summed E-state index contributed by atoms with van der Waals surface area (Å²) in [6, 6.07) is 5.87. The fourth-order valence-electron chi connectivity index (χ4n) is 1.86. The quantitative estimate of drug-likeness (QED) is 0.858. The van der Waals surface area contributed by atoms with Gasteiger partial charge in [-0.15, -0.1) is 0 Å². The molecule has 94 valence electrons. The average molecular weight is 299 g/mol. The van der Waals surface area contributed by atoms with Crippen LogP contribution in [0.2, 0.25) is 0 Å². The highest BCUT2D eigenvalue weighted by Crippen LogP contribution is 2.38. The van der Waals surface area contributed by atoms with E-state index in [0.717, 1.165) is 41.2 Å². The molecule has 0 radical (unpaired) electrons. The lowest BCUT2D eigenvalue weighted by Crippen LogP contribution is -2.00. The summed E-state index contributed by atoms with van der Waals surface area (Å²) in [4.78, 5) is 0. The molecule has 1 saturated carbocycles. The highest BCUT2D eigenvalue weighted by atomic mass is 79.9. The van der Waals surface area contributed by atoms with Gasteiger partial charge in [0, 0.05) is 0 Å². The van der Waals surface area contributed by atoms with Crippen molar-refractivity contribution in [2.75, 3.05) is 6.61 Å². The molecule has 2 nitrogen and oxygen atoms in total. The minimum Gasteiger partial charge on any atom is -0.492 e. The molecule has 1 unspecified atom stereocenters. The first-order chi connectivity index (χ1) is 8.20. The van der Waals surface area contributed by atoms with Crippen LogP contribution < -0.4 is 4.74 Å². The highest BCUT2D eigenvalue weighted by Gasteiger charge is 2.25. The monoisotopic (exact) mass is 298 g/mol. The third-order valence-corrected chi connectivity index (χ3v) is 3.68. The standard InChI is InChI=1S/C14H19BrO2/c1-2-7-17-14-6-5-11(9-12(14)15)13(16)8-10-3-4-10/h5-6,9-10,13,16H,2-4,7-8H2,1H3. The van der Waals surface area contributed by atoms with Gasteiger partial charge in [-0.05, 0) is 52.4 Å². The van der Waals surface area contributed by atoms with Gasteiger partial charge in [0.2, 0.25) is 0 Å². The highest BCUT2D eigenvalue weighted by molar-refractivity contribution is 9.10. The summed E-state index contributed by atoms with van der Waals surface area (Å²) in [6.45, 7) is 2.81. The van der Waals surface area contributed by atoms with Gasteiger partial charge in [0.25, 0.3) is 0 Å². The van der Waals surface area contributed by atoms with Gasteiger partial charge in [-0.25, -0.2) is 0 Å². The van der Waals surface area contributed by atoms with Crippen molar-refractivity contribution in [2.24, 2.45) is 5.92 Å². The second-order valence-corrected chi connectivity index (χ2v) is 5.59. The van der Waals surface area contributed by atoms with Crippen LogP contribution in [0.5, 0.6) is 5.75 Å². The Labute approximate surface area is 111 Å². The molecular weight excluding hydrogens is 280 g/mol. The number of hydrogen-bond donors (Lipinski definition) is 1. The average Bonchev–Trinajstić information content (AvgIpc) is 3.11. The zero-order valence-corrected chi connectivity index (χ0v) is 11.7. The van der Waals surface area contributed by atoms with E-state index in [1.54, 1.807) is 0 Å². The zero-order valence-electron chi connectivity index (χ0n) is 10.2. The topological polar surface area (TPSA) is 29.5 Å². The number of rotatable bonds is 6. The molecule has 0 saturated heterocycles. The molecule has 0 spiro atoms. The fourth-order valence-corrected chi connectivity index (χ4v) is 2.37.